The largest absolute Gasteiger partial charge is 0.493 e. The average molecular weight is 288 g/mol. The predicted octanol–water partition coefficient (Wildman–Crippen LogP) is 3.47. The molecule has 0 saturated heterocycles. The minimum Gasteiger partial charge on any atom is -0.493 e. The molecule has 0 aliphatic rings. The fourth-order valence-corrected chi connectivity index (χ4v) is 2.05. The molecule has 2 rings (SSSR count). The molecule has 5 heteroatoms. The van der Waals surface area contributed by atoms with Gasteiger partial charge in [0.1, 0.15) is 11.4 Å². The standard InChI is InChI=1S/C16H20N2O3/c1-5-21-14-7-6-10(16(2,3)4)8-11(14)12-9-13(15(19)20)18-17-12/h6-9H,5H2,1-4H3,(H,17,18)(H,19,20). The molecule has 1 heterocycles. The van der Waals surface area contributed by atoms with E-state index in [4.69, 9.17) is 9.84 Å². The molecule has 0 saturated carbocycles. The van der Waals surface area contributed by atoms with Crippen molar-refractivity contribution < 1.29 is 14.6 Å². The highest BCUT2D eigenvalue weighted by Gasteiger charge is 2.19. The van der Waals surface area contributed by atoms with Gasteiger partial charge in [-0.25, -0.2) is 4.79 Å². The summed E-state index contributed by atoms with van der Waals surface area (Å²) in [6, 6.07) is 7.47. The van der Waals surface area contributed by atoms with Crippen LogP contribution in [-0.2, 0) is 5.41 Å². The summed E-state index contributed by atoms with van der Waals surface area (Å²) in [5, 5.41) is 15.6. The molecule has 0 aliphatic heterocycles. The van der Waals surface area contributed by atoms with E-state index in [0.29, 0.717) is 18.1 Å². The second-order valence-corrected chi connectivity index (χ2v) is 5.87. The maximum atomic E-state index is 11.0. The molecule has 5 nitrogen and oxygen atoms in total. The Morgan fingerprint density at radius 1 is 1.33 bits per heavy atom. The van der Waals surface area contributed by atoms with Gasteiger partial charge < -0.3 is 9.84 Å². The summed E-state index contributed by atoms with van der Waals surface area (Å²) in [5.41, 5.74) is 2.57. The lowest BCUT2D eigenvalue weighted by Crippen LogP contribution is -2.11. The molecule has 1 aromatic heterocycles. The van der Waals surface area contributed by atoms with Crippen molar-refractivity contribution in [3.8, 4) is 17.0 Å². The van der Waals surface area contributed by atoms with Crippen LogP contribution in [0.1, 0.15) is 43.7 Å². The number of carboxylic acids is 1. The second kappa shape index (κ2) is 5.60. The van der Waals surface area contributed by atoms with Crippen LogP contribution in [0, 0.1) is 0 Å². The molecule has 0 bridgehead atoms. The molecule has 0 amide bonds. The topological polar surface area (TPSA) is 75.2 Å². The van der Waals surface area contributed by atoms with Crippen molar-refractivity contribution in [3.05, 3.63) is 35.5 Å². The number of aromatic carboxylic acids is 1. The average Bonchev–Trinajstić information content (AvgIpc) is 2.88. The number of aromatic amines is 1. The predicted molar refractivity (Wildman–Crippen MR) is 80.9 cm³/mol. The third kappa shape index (κ3) is 3.24. The lowest BCUT2D eigenvalue weighted by atomic mass is 9.85. The molecule has 1 aromatic carbocycles. The van der Waals surface area contributed by atoms with Gasteiger partial charge in [0.05, 0.1) is 12.3 Å². The molecule has 0 unspecified atom stereocenters. The Bertz CT molecular complexity index is 654. The van der Waals surface area contributed by atoms with Crippen LogP contribution in [0.5, 0.6) is 5.75 Å². The summed E-state index contributed by atoms with van der Waals surface area (Å²) in [6.07, 6.45) is 0. The fourth-order valence-electron chi connectivity index (χ4n) is 2.05. The van der Waals surface area contributed by atoms with Crippen molar-refractivity contribution in [2.75, 3.05) is 6.61 Å². The van der Waals surface area contributed by atoms with E-state index in [9.17, 15) is 4.79 Å². The van der Waals surface area contributed by atoms with Gasteiger partial charge in [-0.2, -0.15) is 5.10 Å². The van der Waals surface area contributed by atoms with Gasteiger partial charge in [0, 0.05) is 5.56 Å². The number of carbonyl (C=O) groups is 1. The number of hydrogen-bond donors (Lipinski definition) is 2. The van der Waals surface area contributed by atoms with Gasteiger partial charge in [0.2, 0.25) is 0 Å². The van der Waals surface area contributed by atoms with Crippen molar-refractivity contribution in [1.29, 1.82) is 0 Å². The van der Waals surface area contributed by atoms with E-state index in [1.54, 1.807) is 0 Å². The summed E-state index contributed by atoms with van der Waals surface area (Å²) >= 11 is 0. The van der Waals surface area contributed by atoms with Crippen LogP contribution in [0.25, 0.3) is 11.3 Å². The van der Waals surface area contributed by atoms with Gasteiger partial charge in [-0.1, -0.05) is 26.8 Å². The van der Waals surface area contributed by atoms with E-state index < -0.39 is 5.97 Å². The van der Waals surface area contributed by atoms with Gasteiger partial charge in [-0.05, 0) is 36.1 Å². The number of aromatic nitrogens is 2. The third-order valence-corrected chi connectivity index (χ3v) is 3.23. The number of ether oxygens (including phenoxy) is 1. The molecule has 0 atom stereocenters. The smallest absolute Gasteiger partial charge is 0.353 e. The molecular weight excluding hydrogens is 268 g/mol. The fraction of sp³-hybridized carbons (Fsp3) is 0.375. The van der Waals surface area contributed by atoms with E-state index in [1.165, 1.54) is 6.07 Å². The highest BCUT2D eigenvalue weighted by atomic mass is 16.5. The van der Waals surface area contributed by atoms with Crippen LogP contribution in [0.15, 0.2) is 24.3 Å². The third-order valence-electron chi connectivity index (χ3n) is 3.23. The van der Waals surface area contributed by atoms with Crippen molar-refractivity contribution in [1.82, 2.24) is 10.2 Å². The number of H-pyrrole nitrogens is 1. The Hall–Kier alpha value is -2.30. The van der Waals surface area contributed by atoms with Crippen molar-refractivity contribution >= 4 is 5.97 Å². The van der Waals surface area contributed by atoms with E-state index in [2.05, 4.69) is 31.0 Å². The van der Waals surface area contributed by atoms with Crippen LogP contribution in [0.3, 0.4) is 0 Å². The summed E-state index contributed by atoms with van der Waals surface area (Å²) in [5.74, 6) is -0.326. The number of rotatable bonds is 4. The Labute approximate surface area is 124 Å². The first-order valence-electron chi connectivity index (χ1n) is 6.89. The van der Waals surface area contributed by atoms with E-state index in [0.717, 1.165) is 11.1 Å². The number of benzene rings is 1. The molecule has 112 valence electrons. The highest BCUT2D eigenvalue weighted by molar-refractivity contribution is 5.87. The Balaban J connectivity index is 2.54. The molecule has 0 spiro atoms. The number of hydrogen-bond acceptors (Lipinski definition) is 3. The first-order chi connectivity index (χ1) is 9.82. The SMILES string of the molecule is CCOc1ccc(C(C)(C)C)cc1-c1cc(C(=O)O)[nH]n1. The molecule has 2 N–H and O–H groups in total. The normalized spacial score (nSPS) is 11.4. The Morgan fingerprint density at radius 2 is 2.05 bits per heavy atom. The summed E-state index contributed by atoms with van der Waals surface area (Å²) < 4.78 is 5.63. The van der Waals surface area contributed by atoms with Crippen molar-refractivity contribution in [3.63, 3.8) is 0 Å². The number of nitrogens with one attached hydrogen (secondary N) is 1. The number of carboxylic acid groups (broad SMARTS) is 1. The van der Waals surface area contributed by atoms with Crippen molar-refractivity contribution in [2.45, 2.75) is 33.1 Å². The molecule has 2 aromatic rings. The number of nitrogens with zero attached hydrogens (tertiary/aromatic N) is 1. The van der Waals surface area contributed by atoms with E-state index in [-0.39, 0.29) is 11.1 Å². The van der Waals surface area contributed by atoms with Crippen LogP contribution in [0.2, 0.25) is 0 Å². The molecular formula is C16H20N2O3. The molecule has 0 fully saturated rings. The van der Waals surface area contributed by atoms with Gasteiger partial charge in [-0.15, -0.1) is 0 Å². The first kappa shape index (κ1) is 15.1. The molecule has 21 heavy (non-hydrogen) atoms. The van der Waals surface area contributed by atoms with Crippen LogP contribution in [-0.4, -0.2) is 27.9 Å². The quantitative estimate of drug-likeness (QED) is 0.903. The van der Waals surface area contributed by atoms with Crippen molar-refractivity contribution in [2.24, 2.45) is 0 Å². The van der Waals surface area contributed by atoms with Crippen LogP contribution < -0.4 is 4.74 Å². The zero-order valence-electron chi connectivity index (χ0n) is 12.7. The Morgan fingerprint density at radius 3 is 2.57 bits per heavy atom. The lowest BCUT2D eigenvalue weighted by Gasteiger charge is -2.21. The van der Waals surface area contributed by atoms with Gasteiger partial charge in [0.15, 0.2) is 0 Å². The molecule has 0 radical (unpaired) electrons. The zero-order valence-corrected chi connectivity index (χ0v) is 12.7. The van der Waals surface area contributed by atoms with Gasteiger partial charge in [0.25, 0.3) is 0 Å². The minimum absolute atomic E-state index is 0.00850. The zero-order chi connectivity index (χ0) is 15.6. The monoisotopic (exact) mass is 288 g/mol. The van der Waals surface area contributed by atoms with E-state index in [1.807, 2.05) is 25.1 Å². The summed E-state index contributed by atoms with van der Waals surface area (Å²) in [6.45, 7) is 8.83. The lowest BCUT2D eigenvalue weighted by molar-refractivity contribution is 0.0690. The highest BCUT2D eigenvalue weighted by Crippen LogP contribution is 2.34. The second-order valence-electron chi connectivity index (χ2n) is 5.87. The van der Waals surface area contributed by atoms with Gasteiger partial charge in [-0.3, -0.25) is 5.10 Å². The summed E-state index contributed by atoms with van der Waals surface area (Å²) in [4.78, 5) is 11.0. The van der Waals surface area contributed by atoms with E-state index >= 15 is 0 Å². The summed E-state index contributed by atoms with van der Waals surface area (Å²) in [7, 11) is 0. The Kier molecular flexibility index (Phi) is 4.02. The van der Waals surface area contributed by atoms with Crippen LogP contribution in [0.4, 0.5) is 0 Å². The maximum absolute atomic E-state index is 11.0. The minimum atomic E-state index is -1.03. The molecule has 0 aliphatic carbocycles. The van der Waals surface area contributed by atoms with Crippen LogP contribution >= 0.6 is 0 Å². The van der Waals surface area contributed by atoms with Gasteiger partial charge >= 0.3 is 5.97 Å². The first-order valence-corrected chi connectivity index (χ1v) is 6.89. The maximum Gasteiger partial charge on any atom is 0.353 e.